The molecule has 0 spiro atoms. The number of aryl methyl sites for hydroxylation is 1. The highest BCUT2D eigenvalue weighted by molar-refractivity contribution is 6.09. The summed E-state index contributed by atoms with van der Waals surface area (Å²) in [5, 5.41) is 24.9. The molecule has 5 rings (SSSR count). The summed E-state index contributed by atoms with van der Waals surface area (Å²) in [4.78, 5) is 37.8. The molecule has 2 amide bonds. The van der Waals surface area contributed by atoms with Gasteiger partial charge in [0.2, 0.25) is 0 Å². The largest absolute Gasteiger partial charge is 0.343 e. The van der Waals surface area contributed by atoms with Crippen LogP contribution in [-0.2, 0) is 4.79 Å². The molecule has 0 aliphatic carbocycles. The Hall–Kier alpha value is -5.25. The van der Waals surface area contributed by atoms with Gasteiger partial charge in [0.25, 0.3) is 17.5 Å². The Bertz CT molecular complexity index is 1590. The van der Waals surface area contributed by atoms with Gasteiger partial charge in [0.05, 0.1) is 16.7 Å². The molecule has 1 aliphatic heterocycles. The van der Waals surface area contributed by atoms with Gasteiger partial charge in [0.1, 0.15) is 17.4 Å². The van der Waals surface area contributed by atoms with Gasteiger partial charge in [-0.05, 0) is 49.2 Å². The molecule has 3 N–H and O–H groups in total. The molecule has 0 radical (unpaired) electrons. The van der Waals surface area contributed by atoms with E-state index in [1.165, 1.54) is 23.0 Å². The SMILES string of the molecule is CC1=C(C(=O)Nc2ccccc2)[C@H](c2cccc([N+](=O)[O-])c2)n2ncc(C(=O)Nc3cccc(C)c3)c2N1. The number of allylic oxidation sites excluding steroid dienone is 1. The Morgan fingerprint density at radius 1 is 0.921 bits per heavy atom. The summed E-state index contributed by atoms with van der Waals surface area (Å²) in [5.41, 5.74) is 3.67. The van der Waals surface area contributed by atoms with E-state index in [1.807, 2.05) is 31.2 Å². The topological polar surface area (TPSA) is 131 Å². The van der Waals surface area contributed by atoms with Crippen molar-refractivity contribution in [3.05, 3.63) is 123 Å². The number of carbonyl (C=O) groups excluding carboxylic acids is 2. The van der Waals surface area contributed by atoms with E-state index in [0.717, 1.165) is 5.56 Å². The number of hydrogen-bond acceptors (Lipinski definition) is 6. The first-order valence-corrected chi connectivity index (χ1v) is 11.9. The second-order valence-corrected chi connectivity index (χ2v) is 8.91. The molecule has 4 aromatic rings. The van der Waals surface area contributed by atoms with Crippen LogP contribution in [0, 0.1) is 17.0 Å². The van der Waals surface area contributed by atoms with E-state index >= 15 is 0 Å². The van der Waals surface area contributed by atoms with E-state index in [0.29, 0.717) is 34.0 Å². The first-order valence-electron chi connectivity index (χ1n) is 11.9. The average Bonchev–Trinajstić information content (AvgIpc) is 3.32. The fourth-order valence-corrected chi connectivity index (χ4v) is 4.47. The van der Waals surface area contributed by atoms with Crippen molar-refractivity contribution in [3.63, 3.8) is 0 Å². The minimum Gasteiger partial charge on any atom is -0.343 e. The number of fused-ring (bicyclic) bond motifs is 1. The first kappa shape index (κ1) is 24.4. The zero-order valence-electron chi connectivity index (χ0n) is 20.6. The third-order valence-electron chi connectivity index (χ3n) is 6.22. The number of nitro groups is 1. The van der Waals surface area contributed by atoms with Gasteiger partial charge in [0, 0.05) is 29.2 Å². The quantitative estimate of drug-likeness (QED) is 0.240. The molecule has 3 aromatic carbocycles. The van der Waals surface area contributed by atoms with Gasteiger partial charge in [0.15, 0.2) is 0 Å². The molecule has 10 heteroatoms. The summed E-state index contributed by atoms with van der Waals surface area (Å²) in [7, 11) is 0. The van der Waals surface area contributed by atoms with Gasteiger partial charge in [-0.2, -0.15) is 5.10 Å². The third kappa shape index (κ3) is 4.74. The van der Waals surface area contributed by atoms with Crippen LogP contribution in [0.4, 0.5) is 22.9 Å². The highest BCUT2D eigenvalue weighted by Crippen LogP contribution is 2.38. The zero-order valence-corrected chi connectivity index (χ0v) is 20.6. The number of carbonyl (C=O) groups is 2. The van der Waals surface area contributed by atoms with Crippen LogP contribution in [-0.4, -0.2) is 26.5 Å². The lowest BCUT2D eigenvalue weighted by atomic mass is 9.94. The number of hydrogen-bond donors (Lipinski definition) is 3. The predicted molar refractivity (Wildman–Crippen MR) is 144 cm³/mol. The van der Waals surface area contributed by atoms with Crippen LogP contribution in [0.1, 0.15) is 34.5 Å². The normalized spacial score (nSPS) is 14.3. The van der Waals surface area contributed by atoms with E-state index in [4.69, 9.17) is 0 Å². The average molecular weight is 509 g/mol. The summed E-state index contributed by atoms with van der Waals surface area (Å²) < 4.78 is 1.51. The number of anilines is 3. The number of non-ortho nitro benzene ring substituents is 1. The maximum atomic E-state index is 13.5. The molecular weight excluding hydrogens is 484 g/mol. The molecule has 1 atom stereocenters. The second-order valence-electron chi connectivity index (χ2n) is 8.91. The number of nitrogens with zero attached hydrogens (tertiary/aromatic N) is 3. The van der Waals surface area contributed by atoms with Gasteiger partial charge in [-0.25, -0.2) is 4.68 Å². The number of benzene rings is 3. The highest BCUT2D eigenvalue weighted by atomic mass is 16.6. The van der Waals surface area contributed by atoms with E-state index in [1.54, 1.807) is 49.4 Å². The molecule has 0 saturated carbocycles. The molecule has 0 saturated heterocycles. The number of nitrogens with one attached hydrogen (secondary N) is 3. The highest BCUT2D eigenvalue weighted by Gasteiger charge is 2.36. The van der Waals surface area contributed by atoms with Crippen molar-refractivity contribution >= 4 is 34.7 Å². The minimum atomic E-state index is -0.824. The number of aromatic nitrogens is 2. The molecule has 0 unspecified atom stereocenters. The Morgan fingerprint density at radius 3 is 2.37 bits per heavy atom. The smallest absolute Gasteiger partial charge is 0.269 e. The van der Waals surface area contributed by atoms with Gasteiger partial charge >= 0.3 is 0 Å². The van der Waals surface area contributed by atoms with E-state index in [2.05, 4.69) is 21.0 Å². The number of rotatable bonds is 6. The molecule has 1 aliphatic rings. The maximum absolute atomic E-state index is 13.5. The lowest BCUT2D eigenvalue weighted by Gasteiger charge is -2.30. The standard InChI is InChI=1S/C28H24N6O4/c1-17-8-6-12-21(14-17)32-27(35)23-16-29-33-25(19-9-7-13-22(15-19)34(37)38)24(18(2)30-26(23)33)28(36)31-20-10-4-3-5-11-20/h3-16,25,30H,1-2H3,(H,31,36)(H,32,35)/t25-/m0/s1. The molecule has 1 aromatic heterocycles. The molecule has 38 heavy (non-hydrogen) atoms. The van der Waals surface area contributed by atoms with Crippen molar-refractivity contribution < 1.29 is 14.5 Å². The number of para-hydroxylation sites is 1. The Morgan fingerprint density at radius 2 is 1.63 bits per heavy atom. The van der Waals surface area contributed by atoms with Crippen molar-refractivity contribution in [2.75, 3.05) is 16.0 Å². The fourth-order valence-electron chi connectivity index (χ4n) is 4.47. The summed E-state index contributed by atoms with van der Waals surface area (Å²) in [6.45, 7) is 3.65. The zero-order chi connectivity index (χ0) is 26.8. The van der Waals surface area contributed by atoms with E-state index in [9.17, 15) is 19.7 Å². The number of amides is 2. The third-order valence-corrected chi connectivity index (χ3v) is 6.22. The molecule has 190 valence electrons. The molecule has 10 nitrogen and oxygen atoms in total. The van der Waals surface area contributed by atoms with Crippen LogP contribution in [0.15, 0.2) is 96.3 Å². The molecule has 0 fully saturated rings. The van der Waals surface area contributed by atoms with Crippen molar-refractivity contribution in [2.24, 2.45) is 0 Å². The monoisotopic (exact) mass is 508 g/mol. The van der Waals surface area contributed by atoms with Crippen LogP contribution in [0.5, 0.6) is 0 Å². The van der Waals surface area contributed by atoms with Crippen LogP contribution in [0.3, 0.4) is 0 Å². The van der Waals surface area contributed by atoms with Crippen molar-refractivity contribution in [3.8, 4) is 0 Å². The van der Waals surface area contributed by atoms with Crippen molar-refractivity contribution in [1.82, 2.24) is 9.78 Å². The van der Waals surface area contributed by atoms with Gasteiger partial charge < -0.3 is 16.0 Å². The maximum Gasteiger partial charge on any atom is 0.269 e. The van der Waals surface area contributed by atoms with E-state index < -0.39 is 16.9 Å². The Kier molecular flexibility index (Phi) is 6.44. The van der Waals surface area contributed by atoms with Crippen molar-refractivity contribution in [2.45, 2.75) is 19.9 Å². The summed E-state index contributed by atoms with van der Waals surface area (Å²) >= 11 is 0. The molecular formula is C28H24N6O4. The summed E-state index contributed by atoms with van der Waals surface area (Å²) in [5.74, 6) is -0.405. The van der Waals surface area contributed by atoms with Gasteiger partial charge in [-0.15, -0.1) is 0 Å². The minimum absolute atomic E-state index is 0.118. The predicted octanol–water partition coefficient (Wildman–Crippen LogP) is 5.28. The van der Waals surface area contributed by atoms with Crippen LogP contribution >= 0.6 is 0 Å². The summed E-state index contributed by atoms with van der Waals surface area (Å²) in [6.07, 6.45) is 1.42. The van der Waals surface area contributed by atoms with E-state index in [-0.39, 0.29) is 17.2 Å². The van der Waals surface area contributed by atoms with Gasteiger partial charge in [-0.1, -0.05) is 42.5 Å². The fraction of sp³-hybridized carbons (Fsp3) is 0.107. The lowest BCUT2D eigenvalue weighted by molar-refractivity contribution is -0.384. The van der Waals surface area contributed by atoms with Crippen LogP contribution < -0.4 is 16.0 Å². The number of nitro benzene ring substituents is 1. The molecule has 2 heterocycles. The van der Waals surface area contributed by atoms with Crippen LogP contribution in [0.2, 0.25) is 0 Å². The Labute approximate surface area is 218 Å². The second kappa shape index (κ2) is 10.0. The van der Waals surface area contributed by atoms with Crippen LogP contribution in [0.25, 0.3) is 0 Å². The molecule has 0 bridgehead atoms. The Balaban J connectivity index is 1.57. The summed E-state index contributed by atoms with van der Waals surface area (Å²) in [6, 6.07) is 21.6. The first-order chi connectivity index (χ1) is 18.3. The van der Waals surface area contributed by atoms with Crippen molar-refractivity contribution in [1.29, 1.82) is 0 Å². The van der Waals surface area contributed by atoms with Gasteiger partial charge in [-0.3, -0.25) is 19.7 Å². The lowest BCUT2D eigenvalue weighted by Crippen LogP contribution is -2.32.